The standard InChI is InChI=1S/C20H27N3O2S/c1-15(16-9-10-18(22-13-16)20(2,3)24)23(4)19(25-14-26-5)12-17-8-6-7-11-21-17/h6-11,13,19,24H,1,12,14H2,2-5H3. The number of pyridine rings is 2. The zero-order valence-corrected chi connectivity index (χ0v) is 16.7. The normalized spacial score (nSPS) is 12.7. The van der Waals surface area contributed by atoms with Crippen LogP contribution < -0.4 is 0 Å². The summed E-state index contributed by atoms with van der Waals surface area (Å²) in [5.74, 6) is 0.588. The maximum Gasteiger partial charge on any atom is 0.136 e. The molecule has 0 radical (unpaired) electrons. The monoisotopic (exact) mass is 373 g/mol. The van der Waals surface area contributed by atoms with Crippen LogP contribution in [0.25, 0.3) is 5.70 Å². The van der Waals surface area contributed by atoms with E-state index in [0.29, 0.717) is 18.1 Å². The van der Waals surface area contributed by atoms with Crippen LogP contribution in [0.15, 0.2) is 49.3 Å². The van der Waals surface area contributed by atoms with E-state index in [1.807, 2.05) is 48.5 Å². The molecular weight excluding hydrogens is 346 g/mol. The Labute approximate surface area is 160 Å². The molecule has 0 saturated carbocycles. The highest BCUT2D eigenvalue weighted by Gasteiger charge is 2.21. The second-order valence-electron chi connectivity index (χ2n) is 6.60. The SMILES string of the molecule is C=C(c1ccc(C(C)(C)O)nc1)N(C)C(Cc1ccccn1)OCSC. The predicted octanol–water partition coefficient (Wildman–Crippen LogP) is 3.51. The molecule has 1 N–H and O–H groups in total. The van der Waals surface area contributed by atoms with Crippen LogP contribution in [0.3, 0.4) is 0 Å². The van der Waals surface area contributed by atoms with Gasteiger partial charge >= 0.3 is 0 Å². The van der Waals surface area contributed by atoms with Crippen LogP contribution in [0.5, 0.6) is 0 Å². The topological polar surface area (TPSA) is 58.5 Å². The van der Waals surface area contributed by atoms with E-state index in [2.05, 4.69) is 16.5 Å². The van der Waals surface area contributed by atoms with Gasteiger partial charge in [-0.3, -0.25) is 9.97 Å². The summed E-state index contributed by atoms with van der Waals surface area (Å²) in [4.78, 5) is 10.8. The number of hydrogen-bond acceptors (Lipinski definition) is 6. The van der Waals surface area contributed by atoms with Gasteiger partial charge in [0.05, 0.1) is 11.6 Å². The second-order valence-corrected chi connectivity index (χ2v) is 7.41. The minimum atomic E-state index is -0.964. The van der Waals surface area contributed by atoms with Crippen LogP contribution in [0.1, 0.15) is 30.8 Å². The van der Waals surface area contributed by atoms with Gasteiger partial charge in [-0.2, -0.15) is 0 Å². The van der Waals surface area contributed by atoms with Gasteiger partial charge < -0.3 is 14.7 Å². The lowest BCUT2D eigenvalue weighted by Crippen LogP contribution is -2.34. The van der Waals surface area contributed by atoms with Crippen molar-refractivity contribution in [2.45, 2.75) is 32.1 Å². The third-order valence-corrected chi connectivity index (χ3v) is 4.44. The molecule has 1 atom stereocenters. The second kappa shape index (κ2) is 9.16. The zero-order valence-electron chi connectivity index (χ0n) is 15.8. The summed E-state index contributed by atoms with van der Waals surface area (Å²) in [7, 11) is 1.96. The Bertz CT molecular complexity index is 699. The number of hydrogen-bond donors (Lipinski definition) is 1. The number of aliphatic hydroxyl groups is 1. The van der Waals surface area contributed by atoms with Gasteiger partial charge in [0, 0.05) is 42.8 Å². The van der Waals surface area contributed by atoms with E-state index in [9.17, 15) is 5.11 Å². The highest BCUT2D eigenvalue weighted by atomic mass is 32.2. The van der Waals surface area contributed by atoms with E-state index in [1.54, 1.807) is 38.0 Å². The predicted molar refractivity (Wildman–Crippen MR) is 107 cm³/mol. The van der Waals surface area contributed by atoms with Crippen LogP contribution in [0.2, 0.25) is 0 Å². The van der Waals surface area contributed by atoms with E-state index in [4.69, 9.17) is 4.74 Å². The van der Waals surface area contributed by atoms with Crippen molar-refractivity contribution in [2.24, 2.45) is 0 Å². The van der Waals surface area contributed by atoms with Crippen LogP contribution in [0.4, 0.5) is 0 Å². The van der Waals surface area contributed by atoms with Crippen molar-refractivity contribution >= 4 is 17.5 Å². The summed E-state index contributed by atoms with van der Waals surface area (Å²) in [6.07, 6.45) is 6.00. The highest BCUT2D eigenvalue weighted by Crippen LogP contribution is 2.23. The molecule has 2 rings (SSSR count). The number of rotatable bonds is 9. The van der Waals surface area contributed by atoms with Gasteiger partial charge in [0.1, 0.15) is 11.8 Å². The van der Waals surface area contributed by atoms with E-state index in [-0.39, 0.29) is 6.23 Å². The quantitative estimate of drug-likeness (QED) is 0.679. The molecule has 6 heteroatoms. The fourth-order valence-corrected chi connectivity index (χ4v) is 2.75. The zero-order chi connectivity index (χ0) is 19.2. The van der Waals surface area contributed by atoms with E-state index < -0.39 is 5.60 Å². The summed E-state index contributed by atoms with van der Waals surface area (Å²) in [5.41, 5.74) is 2.32. The molecule has 5 nitrogen and oxygen atoms in total. The van der Waals surface area contributed by atoms with Crippen LogP contribution >= 0.6 is 11.8 Å². The molecule has 0 aliphatic rings. The Morgan fingerprint density at radius 3 is 2.62 bits per heavy atom. The lowest BCUT2D eigenvalue weighted by atomic mass is 10.0. The molecule has 0 saturated heterocycles. The van der Waals surface area contributed by atoms with Gasteiger partial charge in [0.15, 0.2) is 0 Å². The molecule has 0 bridgehead atoms. The van der Waals surface area contributed by atoms with Gasteiger partial charge in [0.2, 0.25) is 0 Å². The molecule has 1 unspecified atom stereocenters. The van der Waals surface area contributed by atoms with Crippen molar-refractivity contribution < 1.29 is 9.84 Å². The molecule has 26 heavy (non-hydrogen) atoms. The molecule has 0 amide bonds. The number of aromatic nitrogens is 2. The first-order chi connectivity index (χ1) is 12.3. The van der Waals surface area contributed by atoms with Crippen molar-refractivity contribution in [1.82, 2.24) is 14.9 Å². The number of nitrogens with zero attached hydrogens (tertiary/aromatic N) is 3. The van der Waals surface area contributed by atoms with Crippen molar-refractivity contribution in [3.63, 3.8) is 0 Å². The number of ether oxygens (including phenoxy) is 1. The van der Waals surface area contributed by atoms with E-state index in [1.165, 1.54) is 0 Å². The molecule has 2 aromatic heterocycles. The Morgan fingerprint density at radius 2 is 2.08 bits per heavy atom. The summed E-state index contributed by atoms with van der Waals surface area (Å²) < 4.78 is 6.01. The smallest absolute Gasteiger partial charge is 0.136 e. The molecular formula is C20H27N3O2S. The van der Waals surface area contributed by atoms with E-state index in [0.717, 1.165) is 17.0 Å². The third kappa shape index (κ3) is 5.56. The Hall–Kier alpha value is -1.89. The molecule has 0 aliphatic carbocycles. The summed E-state index contributed by atoms with van der Waals surface area (Å²) in [6, 6.07) is 9.62. The van der Waals surface area contributed by atoms with Crippen LogP contribution in [-0.4, -0.2) is 45.4 Å². The average Bonchev–Trinajstić information content (AvgIpc) is 2.64. The summed E-state index contributed by atoms with van der Waals surface area (Å²) in [5, 5.41) is 10.1. The molecule has 0 aromatic carbocycles. The van der Waals surface area contributed by atoms with Crippen molar-refractivity contribution in [3.8, 4) is 0 Å². The lowest BCUT2D eigenvalue weighted by Gasteiger charge is -2.31. The third-order valence-electron chi connectivity index (χ3n) is 4.07. The van der Waals surface area contributed by atoms with E-state index >= 15 is 0 Å². The summed E-state index contributed by atoms with van der Waals surface area (Å²) >= 11 is 1.63. The Morgan fingerprint density at radius 1 is 1.31 bits per heavy atom. The Kier molecular flexibility index (Phi) is 7.20. The fourth-order valence-electron chi connectivity index (χ4n) is 2.46. The first-order valence-electron chi connectivity index (χ1n) is 8.44. The maximum absolute atomic E-state index is 10.1. The molecule has 0 fully saturated rings. The Balaban J connectivity index is 2.15. The lowest BCUT2D eigenvalue weighted by molar-refractivity contribution is 0.00537. The molecule has 140 valence electrons. The largest absolute Gasteiger partial charge is 0.384 e. The van der Waals surface area contributed by atoms with Crippen molar-refractivity contribution in [2.75, 3.05) is 19.2 Å². The first-order valence-corrected chi connectivity index (χ1v) is 9.83. The molecule has 2 heterocycles. The van der Waals surface area contributed by atoms with Crippen LogP contribution in [-0.2, 0) is 16.8 Å². The number of thioether (sulfide) groups is 1. The van der Waals surface area contributed by atoms with Gasteiger partial charge in [-0.1, -0.05) is 12.6 Å². The fraction of sp³-hybridized carbons (Fsp3) is 0.400. The van der Waals surface area contributed by atoms with Crippen LogP contribution in [0, 0.1) is 0 Å². The minimum absolute atomic E-state index is 0.182. The molecule has 2 aromatic rings. The van der Waals surface area contributed by atoms with Crippen molar-refractivity contribution in [1.29, 1.82) is 0 Å². The molecule has 0 aliphatic heterocycles. The van der Waals surface area contributed by atoms with Gasteiger partial charge in [0.25, 0.3) is 0 Å². The minimum Gasteiger partial charge on any atom is -0.384 e. The van der Waals surface area contributed by atoms with Gasteiger partial charge in [-0.25, -0.2) is 0 Å². The summed E-state index contributed by atoms with van der Waals surface area (Å²) in [6.45, 7) is 7.64. The van der Waals surface area contributed by atoms with Gasteiger partial charge in [-0.15, -0.1) is 11.8 Å². The van der Waals surface area contributed by atoms with Gasteiger partial charge in [-0.05, 0) is 44.4 Å². The highest BCUT2D eigenvalue weighted by molar-refractivity contribution is 7.98. The van der Waals surface area contributed by atoms with Crippen molar-refractivity contribution in [3.05, 3.63) is 66.3 Å². The molecule has 0 spiro atoms. The average molecular weight is 374 g/mol. The maximum atomic E-state index is 10.1. The number of likely N-dealkylation sites (N-methyl/N-ethyl adjacent to an activating group) is 1. The first kappa shape index (κ1) is 20.4.